The van der Waals surface area contributed by atoms with Crippen LogP contribution in [0.4, 0.5) is 0 Å². The number of aryl methyl sites for hydroxylation is 2. The number of aromatic nitrogens is 4. The van der Waals surface area contributed by atoms with Crippen LogP contribution in [0.1, 0.15) is 35.1 Å². The number of hydrogen-bond acceptors (Lipinski definition) is 6. The summed E-state index contributed by atoms with van der Waals surface area (Å²) in [7, 11) is -8.02. The lowest BCUT2D eigenvalue weighted by atomic mass is 9.63. The van der Waals surface area contributed by atoms with Crippen molar-refractivity contribution in [2.75, 3.05) is 11.5 Å². The van der Waals surface area contributed by atoms with E-state index in [9.17, 15) is 16.8 Å². The van der Waals surface area contributed by atoms with Crippen molar-refractivity contribution < 1.29 is 35.1 Å². The zero-order chi connectivity index (χ0) is 27.4. The van der Waals surface area contributed by atoms with Gasteiger partial charge in [-0.25, -0.2) is 9.13 Å². The van der Waals surface area contributed by atoms with Crippen LogP contribution in [0.25, 0.3) is 21.5 Å². The molecule has 0 saturated heterocycles. The maximum atomic E-state index is 11.2. The van der Waals surface area contributed by atoms with Gasteiger partial charge in [0.1, 0.15) is 13.1 Å². The Morgan fingerprint density at radius 3 is 1.46 bits per heavy atom. The van der Waals surface area contributed by atoms with E-state index in [0.717, 1.165) is 36.5 Å². The topological polar surface area (TPSA) is 142 Å². The van der Waals surface area contributed by atoms with Crippen LogP contribution in [0, 0.1) is 5.41 Å². The maximum absolute atomic E-state index is 11.2. The fourth-order valence-electron chi connectivity index (χ4n) is 6.63. The SMILES string of the molecule is O=S(=O)(O)CCC[n+]1cc2c3c(cncc3c1)CC1(Cc3cncc4c[n+](CCCS(=O)(=O)O)cc(c34)C1)C2. The summed E-state index contributed by atoms with van der Waals surface area (Å²) in [5, 5.41) is 4.45. The first-order chi connectivity index (χ1) is 18.5. The molecular weight excluding hydrogens is 540 g/mol. The predicted molar refractivity (Wildman–Crippen MR) is 143 cm³/mol. The van der Waals surface area contributed by atoms with Crippen molar-refractivity contribution in [2.24, 2.45) is 5.41 Å². The van der Waals surface area contributed by atoms with Crippen LogP contribution in [0.3, 0.4) is 0 Å². The van der Waals surface area contributed by atoms with E-state index < -0.39 is 20.2 Å². The standard InChI is InChI=1S/C27H28N4O6S2/c32-38(33,34)5-1-3-30-15-21-9-27(7-19-11-28-13-23(17-30)25(19)21)8-20-12-29-14-24-18-31(4-2-6-39(35,36)37)16-22(10-27)26(20)24/h11-18H,1-10H2/p+2. The second kappa shape index (κ2) is 9.54. The summed E-state index contributed by atoms with van der Waals surface area (Å²) >= 11 is 0. The van der Waals surface area contributed by atoms with Gasteiger partial charge in [0, 0.05) is 59.5 Å². The molecule has 2 aliphatic carbocycles. The number of hydrogen-bond donors (Lipinski definition) is 2. The van der Waals surface area contributed by atoms with E-state index in [2.05, 4.69) is 22.4 Å². The van der Waals surface area contributed by atoms with Crippen LogP contribution >= 0.6 is 0 Å². The molecule has 0 radical (unpaired) electrons. The van der Waals surface area contributed by atoms with Crippen LogP contribution in [0.2, 0.25) is 0 Å². The van der Waals surface area contributed by atoms with Gasteiger partial charge in [0.15, 0.2) is 24.8 Å². The third-order valence-corrected chi connectivity index (χ3v) is 9.51. The van der Waals surface area contributed by atoms with Gasteiger partial charge in [-0.05, 0) is 42.2 Å². The predicted octanol–water partition coefficient (Wildman–Crippen LogP) is 1.80. The third-order valence-electron chi connectivity index (χ3n) is 7.90. The van der Waals surface area contributed by atoms with Gasteiger partial charge in [-0.1, -0.05) is 0 Å². The molecule has 0 aliphatic heterocycles. The maximum Gasteiger partial charge on any atom is 0.265 e. The first kappa shape index (κ1) is 26.2. The molecule has 2 aliphatic rings. The Morgan fingerprint density at radius 1 is 0.641 bits per heavy atom. The first-order valence-corrected chi connectivity index (χ1v) is 16.2. The molecule has 0 fully saturated rings. The Balaban J connectivity index is 1.34. The van der Waals surface area contributed by atoms with Gasteiger partial charge in [0.25, 0.3) is 20.2 Å². The molecule has 204 valence electrons. The highest BCUT2D eigenvalue weighted by molar-refractivity contribution is 7.86. The second-order valence-corrected chi connectivity index (χ2v) is 14.2. The molecule has 12 heteroatoms. The zero-order valence-electron chi connectivity index (χ0n) is 21.3. The molecule has 4 aromatic rings. The van der Waals surface area contributed by atoms with E-state index in [-0.39, 0.29) is 16.9 Å². The minimum Gasteiger partial charge on any atom is -0.286 e. The Hall–Kier alpha value is -3.06. The van der Waals surface area contributed by atoms with Gasteiger partial charge >= 0.3 is 0 Å². The second-order valence-electron chi connectivity index (χ2n) is 11.1. The molecule has 0 unspecified atom stereocenters. The summed E-state index contributed by atoms with van der Waals surface area (Å²) in [6, 6.07) is 0. The summed E-state index contributed by atoms with van der Waals surface area (Å²) in [6.07, 6.45) is 19.8. The van der Waals surface area contributed by atoms with Crippen LogP contribution < -0.4 is 9.13 Å². The lowest BCUT2D eigenvalue weighted by molar-refractivity contribution is -0.696. The molecule has 10 nitrogen and oxygen atoms in total. The highest BCUT2D eigenvalue weighted by atomic mass is 32.2. The van der Waals surface area contributed by atoms with Crippen molar-refractivity contribution >= 4 is 41.8 Å². The smallest absolute Gasteiger partial charge is 0.265 e. The van der Waals surface area contributed by atoms with E-state index in [1.165, 1.54) is 33.0 Å². The number of pyridine rings is 4. The molecule has 0 atom stereocenters. The summed E-state index contributed by atoms with van der Waals surface area (Å²) < 4.78 is 67.1. The van der Waals surface area contributed by atoms with Crippen LogP contribution in [-0.2, 0) is 59.0 Å². The van der Waals surface area contributed by atoms with Gasteiger partial charge in [-0.2, -0.15) is 16.8 Å². The van der Waals surface area contributed by atoms with E-state index in [4.69, 9.17) is 9.11 Å². The first-order valence-electron chi connectivity index (χ1n) is 12.9. The quantitative estimate of drug-likeness (QED) is 0.241. The van der Waals surface area contributed by atoms with Gasteiger partial charge in [0.2, 0.25) is 0 Å². The largest absolute Gasteiger partial charge is 0.286 e. The van der Waals surface area contributed by atoms with Gasteiger partial charge in [0.05, 0.1) is 22.3 Å². The fraction of sp³-hybridized carbons (Fsp3) is 0.407. The minimum absolute atomic E-state index is 0.0901. The average molecular weight is 571 g/mol. The van der Waals surface area contributed by atoms with E-state index in [0.29, 0.717) is 25.9 Å². The zero-order valence-corrected chi connectivity index (χ0v) is 23.0. The molecule has 4 heterocycles. The lowest BCUT2D eigenvalue weighted by Crippen LogP contribution is -2.41. The van der Waals surface area contributed by atoms with Crippen molar-refractivity contribution in [2.45, 2.75) is 51.6 Å². The Morgan fingerprint density at radius 2 is 1.05 bits per heavy atom. The van der Waals surface area contributed by atoms with Crippen molar-refractivity contribution in [1.29, 1.82) is 0 Å². The van der Waals surface area contributed by atoms with E-state index >= 15 is 0 Å². The molecule has 0 bridgehead atoms. The average Bonchev–Trinajstić information content (AvgIpc) is 2.82. The van der Waals surface area contributed by atoms with Crippen molar-refractivity contribution in [3.8, 4) is 0 Å². The fourth-order valence-corrected chi connectivity index (χ4v) is 7.62. The monoisotopic (exact) mass is 570 g/mol. The molecule has 39 heavy (non-hydrogen) atoms. The van der Waals surface area contributed by atoms with E-state index in [1.807, 2.05) is 46.3 Å². The van der Waals surface area contributed by atoms with Crippen molar-refractivity contribution in [3.63, 3.8) is 0 Å². The van der Waals surface area contributed by atoms with Gasteiger partial charge in [-0.15, -0.1) is 0 Å². The summed E-state index contributed by atoms with van der Waals surface area (Å²) in [4.78, 5) is 9.03. The Kier molecular flexibility index (Phi) is 6.41. The Labute approximate surface area is 226 Å². The molecule has 0 saturated carbocycles. The lowest BCUT2D eigenvalue weighted by Gasteiger charge is -2.40. The van der Waals surface area contributed by atoms with E-state index in [1.54, 1.807) is 0 Å². The molecule has 1 spiro atoms. The van der Waals surface area contributed by atoms with Gasteiger partial charge < -0.3 is 0 Å². The summed E-state index contributed by atoms with van der Waals surface area (Å²) in [5.74, 6) is -0.568. The van der Waals surface area contributed by atoms with Gasteiger partial charge in [-0.3, -0.25) is 19.1 Å². The molecule has 0 amide bonds. The van der Waals surface area contributed by atoms with Crippen molar-refractivity contribution in [3.05, 3.63) is 71.8 Å². The van der Waals surface area contributed by atoms with Crippen LogP contribution in [0.5, 0.6) is 0 Å². The normalized spacial score (nSPS) is 16.3. The minimum atomic E-state index is -4.01. The molecule has 6 rings (SSSR count). The van der Waals surface area contributed by atoms with Crippen molar-refractivity contribution in [1.82, 2.24) is 9.97 Å². The molecular formula is C27H30N4O6S2+2. The van der Waals surface area contributed by atoms with Crippen LogP contribution in [-0.4, -0.2) is 47.4 Å². The number of nitrogens with zero attached hydrogens (tertiary/aromatic N) is 4. The summed E-state index contributed by atoms with van der Waals surface area (Å²) in [6.45, 7) is 0.936. The molecule has 4 aromatic heterocycles. The Bertz CT molecular complexity index is 1710. The molecule has 2 N–H and O–H groups in total. The molecule has 0 aromatic carbocycles. The summed E-state index contributed by atoms with van der Waals surface area (Å²) in [5.41, 5.74) is 4.69. The third kappa shape index (κ3) is 5.51. The number of rotatable bonds is 8. The highest BCUT2D eigenvalue weighted by Gasteiger charge is 2.41. The highest BCUT2D eigenvalue weighted by Crippen LogP contribution is 2.46. The van der Waals surface area contributed by atoms with Crippen LogP contribution in [0.15, 0.2) is 49.6 Å².